The minimum Gasteiger partial charge on any atom is -0.474 e. The van der Waals surface area contributed by atoms with Crippen LogP contribution in [0.5, 0.6) is 5.88 Å². The zero-order valence-corrected chi connectivity index (χ0v) is 16.5. The van der Waals surface area contributed by atoms with Gasteiger partial charge in [0.05, 0.1) is 12.6 Å². The number of aliphatic imine (C=N–C) groups is 1. The third kappa shape index (κ3) is 6.69. The van der Waals surface area contributed by atoms with Crippen molar-refractivity contribution in [1.29, 1.82) is 0 Å². The molecule has 1 heterocycles. The van der Waals surface area contributed by atoms with Crippen molar-refractivity contribution in [2.24, 2.45) is 4.99 Å². The number of nitrogens with one attached hydrogen (secondary N) is 2. The molecule has 6 heteroatoms. The average Bonchev–Trinajstić information content (AvgIpc) is 2.69. The second-order valence-electron chi connectivity index (χ2n) is 7.73. The Hall–Kier alpha value is -1.82. The summed E-state index contributed by atoms with van der Waals surface area (Å²) in [7, 11) is 0. The van der Waals surface area contributed by atoms with E-state index >= 15 is 0 Å². The first kappa shape index (κ1) is 19.9. The summed E-state index contributed by atoms with van der Waals surface area (Å²) >= 11 is 0. The molecule has 0 bridgehead atoms. The van der Waals surface area contributed by atoms with Crippen LogP contribution >= 0.6 is 0 Å². The average molecular weight is 375 g/mol. The van der Waals surface area contributed by atoms with E-state index in [2.05, 4.69) is 22.5 Å². The number of ether oxygens (including phenoxy) is 1. The number of rotatable bonds is 6. The fraction of sp³-hybridized carbons (Fsp3) is 0.714. The van der Waals surface area contributed by atoms with Crippen LogP contribution in [0.4, 0.5) is 0 Å². The molecule has 3 N–H and O–H groups in total. The zero-order chi connectivity index (χ0) is 18.9. The van der Waals surface area contributed by atoms with Gasteiger partial charge in [-0.25, -0.2) is 9.98 Å². The summed E-state index contributed by atoms with van der Waals surface area (Å²) in [5.41, 5.74) is 1.10. The molecule has 2 aliphatic rings. The van der Waals surface area contributed by atoms with Gasteiger partial charge in [0, 0.05) is 24.8 Å². The van der Waals surface area contributed by atoms with Crippen molar-refractivity contribution >= 4 is 5.96 Å². The van der Waals surface area contributed by atoms with Crippen molar-refractivity contribution in [1.82, 2.24) is 15.6 Å². The van der Waals surface area contributed by atoms with E-state index in [1.165, 1.54) is 19.3 Å². The molecule has 0 aromatic carbocycles. The first-order chi connectivity index (χ1) is 13.2. The molecule has 0 unspecified atom stereocenters. The molecular weight excluding hydrogens is 340 g/mol. The van der Waals surface area contributed by atoms with Crippen LogP contribution in [0.15, 0.2) is 23.3 Å². The summed E-state index contributed by atoms with van der Waals surface area (Å²) in [5, 5.41) is 16.5. The van der Waals surface area contributed by atoms with Crippen LogP contribution in [0.1, 0.15) is 70.3 Å². The van der Waals surface area contributed by atoms with Crippen molar-refractivity contribution in [3.05, 3.63) is 23.9 Å². The summed E-state index contributed by atoms with van der Waals surface area (Å²) < 4.78 is 6.07. The van der Waals surface area contributed by atoms with Crippen LogP contribution in [0.3, 0.4) is 0 Å². The van der Waals surface area contributed by atoms with Gasteiger partial charge in [-0.15, -0.1) is 0 Å². The van der Waals surface area contributed by atoms with Crippen molar-refractivity contribution in [3.63, 3.8) is 0 Å². The highest BCUT2D eigenvalue weighted by atomic mass is 16.5. The van der Waals surface area contributed by atoms with Crippen molar-refractivity contribution in [2.75, 3.05) is 6.54 Å². The maximum absolute atomic E-state index is 9.67. The maximum Gasteiger partial charge on any atom is 0.213 e. The summed E-state index contributed by atoms with van der Waals surface area (Å²) in [4.78, 5) is 9.11. The number of hydrogen-bond acceptors (Lipinski definition) is 4. The number of hydrogen-bond donors (Lipinski definition) is 3. The van der Waals surface area contributed by atoms with Crippen molar-refractivity contribution < 1.29 is 9.84 Å². The van der Waals surface area contributed by atoms with E-state index < -0.39 is 0 Å². The summed E-state index contributed by atoms with van der Waals surface area (Å²) in [6.07, 6.45) is 11.8. The molecule has 2 aliphatic carbocycles. The molecule has 0 saturated heterocycles. The number of nitrogens with zero attached hydrogens (tertiary/aromatic N) is 2. The monoisotopic (exact) mass is 374 g/mol. The van der Waals surface area contributed by atoms with Crippen LogP contribution in [0, 0.1) is 0 Å². The maximum atomic E-state index is 9.67. The molecule has 0 spiro atoms. The van der Waals surface area contributed by atoms with E-state index in [0.29, 0.717) is 24.6 Å². The lowest BCUT2D eigenvalue weighted by Crippen LogP contribution is -2.45. The Morgan fingerprint density at radius 3 is 2.70 bits per heavy atom. The smallest absolute Gasteiger partial charge is 0.213 e. The highest BCUT2D eigenvalue weighted by molar-refractivity contribution is 5.80. The molecule has 0 atom stereocenters. The van der Waals surface area contributed by atoms with Gasteiger partial charge in [-0.3, -0.25) is 0 Å². The van der Waals surface area contributed by atoms with E-state index in [9.17, 15) is 5.11 Å². The largest absolute Gasteiger partial charge is 0.474 e. The lowest BCUT2D eigenvalue weighted by Gasteiger charge is -2.27. The fourth-order valence-corrected chi connectivity index (χ4v) is 3.87. The highest BCUT2D eigenvalue weighted by Gasteiger charge is 2.20. The molecule has 0 amide bonds. The quantitative estimate of drug-likeness (QED) is 0.527. The lowest BCUT2D eigenvalue weighted by atomic mass is 9.93. The number of aliphatic hydroxyl groups is 1. The second kappa shape index (κ2) is 10.5. The van der Waals surface area contributed by atoms with Gasteiger partial charge in [0.1, 0.15) is 6.10 Å². The predicted octanol–water partition coefficient (Wildman–Crippen LogP) is 3.15. The lowest BCUT2D eigenvalue weighted by molar-refractivity contribution is 0.120. The summed E-state index contributed by atoms with van der Waals surface area (Å²) in [6.45, 7) is 3.49. The molecule has 2 saturated carbocycles. The molecule has 150 valence electrons. The number of aliphatic hydroxyl groups excluding tert-OH is 1. The van der Waals surface area contributed by atoms with Gasteiger partial charge in [-0.1, -0.05) is 6.42 Å². The minimum absolute atomic E-state index is 0.137. The third-order valence-electron chi connectivity index (χ3n) is 5.44. The molecule has 6 nitrogen and oxygen atoms in total. The Morgan fingerprint density at radius 1 is 1.19 bits per heavy atom. The van der Waals surface area contributed by atoms with E-state index in [4.69, 9.17) is 9.73 Å². The SMILES string of the molecule is CCNC(=NCc1ccnc(OC2CCCCC2)c1)NC1CCC(O)CC1. The van der Waals surface area contributed by atoms with Gasteiger partial charge < -0.3 is 20.5 Å². The Labute approximate surface area is 162 Å². The fourth-order valence-electron chi connectivity index (χ4n) is 3.87. The predicted molar refractivity (Wildman–Crippen MR) is 108 cm³/mol. The minimum atomic E-state index is -0.137. The van der Waals surface area contributed by atoms with Gasteiger partial charge in [0.15, 0.2) is 5.96 Å². The molecular formula is C21H34N4O2. The van der Waals surface area contributed by atoms with Crippen molar-refractivity contribution in [3.8, 4) is 5.88 Å². The van der Waals surface area contributed by atoms with Crippen LogP contribution in [-0.2, 0) is 6.54 Å². The summed E-state index contributed by atoms with van der Waals surface area (Å²) in [5.74, 6) is 1.55. The molecule has 0 radical (unpaired) electrons. The van der Waals surface area contributed by atoms with Gasteiger partial charge in [-0.05, 0) is 69.9 Å². The molecule has 2 fully saturated rings. The Kier molecular flexibility index (Phi) is 7.75. The Morgan fingerprint density at radius 2 is 1.96 bits per heavy atom. The number of aromatic nitrogens is 1. The summed E-state index contributed by atoms with van der Waals surface area (Å²) in [6, 6.07) is 4.39. The van der Waals surface area contributed by atoms with Gasteiger partial charge >= 0.3 is 0 Å². The molecule has 3 rings (SSSR count). The van der Waals surface area contributed by atoms with Gasteiger partial charge in [0.25, 0.3) is 0 Å². The molecule has 0 aliphatic heterocycles. The molecule has 1 aromatic rings. The Balaban J connectivity index is 1.55. The Bertz CT molecular complexity index is 594. The van der Waals surface area contributed by atoms with Crippen LogP contribution in [0.25, 0.3) is 0 Å². The topological polar surface area (TPSA) is 78.8 Å². The van der Waals surface area contributed by atoms with Crippen LogP contribution in [0.2, 0.25) is 0 Å². The molecule has 27 heavy (non-hydrogen) atoms. The normalized spacial score (nSPS) is 24.4. The second-order valence-corrected chi connectivity index (χ2v) is 7.73. The highest BCUT2D eigenvalue weighted by Crippen LogP contribution is 2.23. The van der Waals surface area contributed by atoms with Crippen LogP contribution in [-0.4, -0.2) is 40.8 Å². The standard InChI is InChI=1S/C21H34N4O2/c1-2-22-21(25-17-8-10-18(26)11-9-17)24-15-16-12-13-23-20(14-16)27-19-6-4-3-5-7-19/h12-14,17-19,26H,2-11,15H2,1H3,(H2,22,24,25). The number of pyridine rings is 1. The van der Waals surface area contributed by atoms with Gasteiger partial charge in [0.2, 0.25) is 5.88 Å². The molecule has 1 aromatic heterocycles. The third-order valence-corrected chi connectivity index (χ3v) is 5.44. The number of guanidine groups is 1. The van der Waals surface area contributed by atoms with E-state index in [-0.39, 0.29) is 6.10 Å². The zero-order valence-electron chi connectivity index (χ0n) is 16.5. The van der Waals surface area contributed by atoms with E-state index in [0.717, 1.165) is 56.6 Å². The van der Waals surface area contributed by atoms with E-state index in [1.807, 2.05) is 18.3 Å². The van der Waals surface area contributed by atoms with Gasteiger partial charge in [-0.2, -0.15) is 0 Å². The van der Waals surface area contributed by atoms with Crippen molar-refractivity contribution in [2.45, 2.75) is 89.5 Å². The first-order valence-electron chi connectivity index (χ1n) is 10.6. The first-order valence-corrected chi connectivity index (χ1v) is 10.6. The van der Waals surface area contributed by atoms with E-state index in [1.54, 1.807) is 0 Å². The van der Waals surface area contributed by atoms with Crippen LogP contribution < -0.4 is 15.4 Å².